The predicted octanol–water partition coefficient (Wildman–Crippen LogP) is 4.98. The van der Waals surface area contributed by atoms with Gasteiger partial charge in [-0.25, -0.2) is 14.5 Å². The zero-order valence-electron chi connectivity index (χ0n) is 19.9. The zero-order chi connectivity index (χ0) is 26.7. The van der Waals surface area contributed by atoms with Crippen molar-refractivity contribution in [2.24, 2.45) is 0 Å². The second-order valence-corrected chi connectivity index (χ2v) is 10.6. The van der Waals surface area contributed by atoms with Crippen molar-refractivity contribution in [2.75, 3.05) is 18.1 Å². The van der Waals surface area contributed by atoms with Crippen LogP contribution in [0.15, 0.2) is 42.6 Å². The Balaban J connectivity index is 1.44. The molecule has 0 saturated carbocycles. The maximum atomic E-state index is 13.3. The molecule has 0 bridgehead atoms. The van der Waals surface area contributed by atoms with Gasteiger partial charge in [0.15, 0.2) is 5.82 Å². The average molecular weight is 531 g/mol. The summed E-state index contributed by atoms with van der Waals surface area (Å²) in [6, 6.07) is 8.62. The molecule has 4 aromatic rings. The molecule has 1 N–H and O–H groups in total. The van der Waals surface area contributed by atoms with Crippen LogP contribution >= 0.6 is 7.60 Å². The number of alkyl halides is 3. The largest absolute Gasteiger partial charge is 0.416 e. The van der Waals surface area contributed by atoms with Gasteiger partial charge in [-0.15, -0.1) is 5.10 Å². The molecule has 1 amide bonds. The second kappa shape index (κ2) is 8.67. The number of carbonyl (C=O) groups is 1. The molecule has 2 aromatic heterocycles. The van der Waals surface area contributed by atoms with Crippen molar-refractivity contribution < 1.29 is 31.9 Å². The fraction of sp³-hybridized carbons (Fsp3) is 0.250. The maximum Gasteiger partial charge on any atom is 0.416 e. The highest BCUT2D eigenvalue weighted by Gasteiger charge is 2.33. The zero-order valence-corrected chi connectivity index (χ0v) is 20.8. The van der Waals surface area contributed by atoms with Crippen molar-refractivity contribution in [3.05, 3.63) is 65.0 Å². The highest BCUT2D eigenvalue weighted by Crippen LogP contribution is 2.40. The third-order valence-corrected chi connectivity index (χ3v) is 6.55. The molecule has 37 heavy (non-hydrogen) atoms. The molecule has 3 heterocycles. The van der Waals surface area contributed by atoms with E-state index in [1.54, 1.807) is 30.0 Å². The molecule has 0 saturated heterocycles. The van der Waals surface area contributed by atoms with E-state index in [2.05, 4.69) is 15.1 Å². The third-order valence-electron chi connectivity index (χ3n) is 6.04. The molecular weight excluding hydrogens is 510 g/mol. The van der Waals surface area contributed by atoms with Gasteiger partial charge in [0, 0.05) is 41.6 Å². The number of halogens is 3. The minimum Gasteiger partial charge on any atom is -0.404 e. The molecule has 0 spiro atoms. The van der Waals surface area contributed by atoms with Crippen LogP contribution in [0.2, 0.25) is 0 Å². The van der Waals surface area contributed by atoms with E-state index in [1.165, 1.54) is 16.9 Å². The molecule has 9 nitrogen and oxygen atoms in total. The summed E-state index contributed by atoms with van der Waals surface area (Å²) in [5.74, 6) is -0.0368. The van der Waals surface area contributed by atoms with Crippen LogP contribution < -0.4 is 9.42 Å². The van der Waals surface area contributed by atoms with Crippen molar-refractivity contribution in [2.45, 2.75) is 26.6 Å². The summed E-state index contributed by atoms with van der Waals surface area (Å²) in [7, 11) is -3.85. The first-order valence-corrected chi connectivity index (χ1v) is 13.2. The Bertz CT molecular complexity index is 1610. The molecule has 0 aliphatic carbocycles. The molecule has 0 fully saturated rings. The van der Waals surface area contributed by atoms with Crippen LogP contribution in [0.1, 0.15) is 27.2 Å². The lowest BCUT2D eigenvalue weighted by atomic mass is 10.1. The SMILES string of the molecule is Cc1cc(-c2ncc3cc(C(F)(F)F)ccc3n2)ccc1N1CCn2nc(OP(C)(=O)O)c(C)c2C1=O. The number of anilines is 1. The Morgan fingerprint density at radius 3 is 2.54 bits per heavy atom. The van der Waals surface area contributed by atoms with Gasteiger partial charge in [0.05, 0.1) is 17.6 Å². The van der Waals surface area contributed by atoms with E-state index >= 15 is 0 Å². The summed E-state index contributed by atoms with van der Waals surface area (Å²) in [4.78, 5) is 33.1. The van der Waals surface area contributed by atoms with Crippen molar-refractivity contribution in [3.8, 4) is 17.3 Å². The van der Waals surface area contributed by atoms with E-state index in [1.807, 2.05) is 6.92 Å². The average Bonchev–Trinajstić information content (AvgIpc) is 3.12. The minimum absolute atomic E-state index is 0.0542. The van der Waals surface area contributed by atoms with E-state index < -0.39 is 19.3 Å². The molecule has 5 rings (SSSR count). The minimum atomic E-state index is -4.45. The van der Waals surface area contributed by atoms with Crippen LogP contribution in [0.25, 0.3) is 22.3 Å². The lowest BCUT2D eigenvalue weighted by Gasteiger charge is -2.29. The Morgan fingerprint density at radius 2 is 1.86 bits per heavy atom. The molecule has 1 aliphatic rings. The van der Waals surface area contributed by atoms with Crippen LogP contribution in [-0.2, 0) is 17.3 Å². The number of aromatic nitrogens is 4. The normalized spacial score (nSPS) is 15.5. The summed E-state index contributed by atoms with van der Waals surface area (Å²) in [5.41, 5.74) is 2.32. The van der Waals surface area contributed by atoms with E-state index in [4.69, 9.17) is 4.52 Å². The fourth-order valence-corrected chi connectivity index (χ4v) is 4.80. The molecular formula is C24H21F3N5O4P. The number of rotatable bonds is 4. The van der Waals surface area contributed by atoms with E-state index in [9.17, 15) is 27.4 Å². The summed E-state index contributed by atoms with van der Waals surface area (Å²) in [5, 5.41) is 4.45. The quantitative estimate of drug-likeness (QED) is 0.370. The van der Waals surface area contributed by atoms with Crippen molar-refractivity contribution in [1.29, 1.82) is 0 Å². The monoisotopic (exact) mass is 531 g/mol. The van der Waals surface area contributed by atoms with Crippen LogP contribution in [-0.4, -0.2) is 43.8 Å². The fourth-order valence-electron chi connectivity index (χ4n) is 4.31. The Hall–Kier alpha value is -3.76. The number of benzene rings is 2. The van der Waals surface area contributed by atoms with Gasteiger partial charge < -0.3 is 14.3 Å². The first-order chi connectivity index (χ1) is 17.3. The summed E-state index contributed by atoms with van der Waals surface area (Å²) < 4.78 is 57.2. The highest BCUT2D eigenvalue weighted by atomic mass is 31.2. The van der Waals surface area contributed by atoms with Gasteiger partial charge in [0.2, 0.25) is 5.88 Å². The van der Waals surface area contributed by atoms with Gasteiger partial charge in [0.1, 0.15) is 5.69 Å². The van der Waals surface area contributed by atoms with Gasteiger partial charge in [0.25, 0.3) is 5.91 Å². The van der Waals surface area contributed by atoms with Crippen molar-refractivity contribution in [1.82, 2.24) is 19.7 Å². The topological polar surface area (TPSA) is 110 Å². The lowest BCUT2D eigenvalue weighted by molar-refractivity contribution is -0.137. The molecule has 1 unspecified atom stereocenters. The molecule has 2 aromatic carbocycles. The van der Waals surface area contributed by atoms with Crippen LogP contribution in [0.5, 0.6) is 5.88 Å². The predicted molar refractivity (Wildman–Crippen MR) is 130 cm³/mol. The number of amides is 1. The molecule has 192 valence electrons. The standard InChI is InChI=1S/C24H21F3N5O4P/c1-13-10-15(21-28-12-16-11-17(24(25,26)27)5-6-18(16)29-21)4-7-19(13)31-8-9-32-20(23(31)33)14(2)22(30-32)36-37(3,34)35/h4-7,10-12H,8-9H2,1-3H3,(H,34,35). The highest BCUT2D eigenvalue weighted by molar-refractivity contribution is 7.52. The smallest absolute Gasteiger partial charge is 0.404 e. The number of carbonyl (C=O) groups excluding carboxylic acids is 1. The van der Waals surface area contributed by atoms with Crippen molar-refractivity contribution in [3.63, 3.8) is 0 Å². The lowest BCUT2D eigenvalue weighted by Crippen LogP contribution is -2.41. The Morgan fingerprint density at radius 1 is 1.11 bits per heavy atom. The molecule has 13 heteroatoms. The first-order valence-electron chi connectivity index (χ1n) is 11.2. The summed E-state index contributed by atoms with van der Waals surface area (Å²) >= 11 is 0. The van der Waals surface area contributed by atoms with Crippen molar-refractivity contribution >= 4 is 30.1 Å². The Labute approximate surface area is 209 Å². The Kier molecular flexibility index (Phi) is 5.84. The molecule has 1 atom stereocenters. The summed E-state index contributed by atoms with van der Waals surface area (Å²) in [6.07, 6.45) is -3.09. The second-order valence-electron chi connectivity index (χ2n) is 8.82. The van der Waals surface area contributed by atoms with Gasteiger partial charge in [-0.1, -0.05) is 0 Å². The van der Waals surface area contributed by atoms with E-state index in [0.29, 0.717) is 41.2 Å². The van der Waals surface area contributed by atoms with Gasteiger partial charge in [-0.3, -0.25) is 9.48 Å². The summed E-state index contributed by atoms with van der Waals surface area (Å²) in [6.45, 7) is 5.16. The third kappa shape index (κ3) is 4.70. The van der Waals surface area contributed by atoms with Crippen LogP contribution in [0.3, 0.4) is 0 Å². The van der Waals surface area contributed by atoms with Gasteiger partial charge in [-0.05, 0) is 55.8 Å². The number of hydrogen-bond donors (Lipinski definition) is 1. The van der Waals surface area contributed by atoms with Gasteiger partial charge >= 0.3 is 13.8 Å². The first kappa shape index (κ1) is 24.9. The number of fused-ring (bicyclic) bond motifs is 2. The number of hydrogen-bond acceptors (Lipinski definition) is 6. The van der Waals surface area contributed by atoms with Gasteiger partial charge in [-0.2, -0.15) is 13.2 Å². The number of nitrogens with zero attached hydrogens (tertiary/aromatic N) is 5. The van der Waals surface area contributed by atoms with E-state index in [-0.39, 0.29) is 22.9 Å². The molecule has 0 radical (unpaired) electrons. The number of aryl methyl sites for hydroxylation is 1. The van der Waals surface area contributed by atoms with Crippen LogP contribution in [0, 0.1) is 13.8 Å². The van der Waals surface area contributed by atoms with Crippen LogP contribution in [0.4, 0.5) is 18.9 Å². The molecule has 1 aliphatic heterocycles. The maximum absolute atomic E-state index is 13.3. The van der Waals surface area contributed by atoms with E-state index in [0.717, 1.165) is 24.4 Å².